The molecule has 2 aliphatic rings. The molecule has 35 heavy (non-hydrogen) atoms. The Hall–Kier alpha value is -3.62. The summed E-state index contributed by atoms with van der Waals surface area (Å²) in [6.45, 7) is 0.0796. The molecule has 182 valence electrons. The van der Waals surface area contributed by atoms with Crippen LogP contribution in [0.25, 0.3) is 0 Å². The molecular weight excluding hydrogens is 451 g/mol. The molecule has 0 radical (unpaired) electrons. The van der Waals surface area contributed by atoms with Crippen LogP contribution in [0.5, 0.6) is 17.2 Å². The third kappa shape index (κ3) is 4.67. The summed E-state index contributed by atoms with van der Waals surface area (Å²) in [5, 5.41) is 0. The van der Waals surface area contributed by atoms with E-state index in [0.717, 1.165) is 16.9 Å². The van der Waals surface area contributed by atoms with E-state index in [2.05, 4.69) is 10.9 Å². The van der Waals surface area contributed by atoms with E-state index in [9.17, 15) is 9.18 Å². The first-order valence-corrected chi connectivity index (χ1v) is 11.5. The molecule has 5 rings (SSSR count). The monoisotopic (exact) mass is 478 g/mol. The molecule has 2 fully saturated rings. The van der Waals surface area contributed by atoms with E-state index in [1.54, 1.807) is 32.4 Å². The Balaban J connectivity index is 1.41. The number of ether oxygens (including phenoxy) is 4. The van der Waals surface area contributed by atoms with Crippen molar-refractivity contribution in [1.82, 2.24) is 10.9 Å². The molecule has 3 aromatic rings. The smallest absolute Gasteiger partial charge is 0.308 e. The molecule has 2 aliphatic heterocycles. The predicted molar refractivity (Wildman–Crippen MR) is 126 cm³/mol. The van der Waals surface area contributed by atoms with E-state index in [1.807, 2.05) is 42.5 Å². The number of fused-ring (bicyclic) bond motifs is 1. The summed E-state index contributed by atoms with van der Waals surface area (Å²) in [6, 6.07) is 19.9. The fourth-order valence-corrected chi connectivity index (χ4v) is 4.86. The average molecular weight is 479 g/mol. The molecule has 0 aromatic heterocycles. The summed E-state index contributed by atoms with van der Waals surface area (Å²) in [5.41, 5.74) is 8.89. The normalized spacial score (nSPS) is 23.3. The molecular formula is C27H27FN2O5. The Morgan fingerprint density at radius 3 is 2.46 bits per heavy atom. The Kier molecular flexibility index (Phi) is 6.57. The van der Waals surface area contributed by atoms with E-state index >= 15 is 0 Å². The predicted octanol–water partition coefficient (Wildman–Crippen LogP) is 4.24. The van der Waals surface area contributed by atoms with Crippen molar-refractivity contribution in [2.75, 3.05) is 14.2 Å². The van der Waals surface area contributed by atoms with Gasteiger partial charge in [0.2, 0.25) is 0 Å². The molecule has 0 bridgehead atoms. The second-order valence-corrected chi connectivity index (χ2v) is 8.63. The molecule has 0 amide bonds. The number of hydrogen-bond acceptors (Lipinski definition) is 7. The number of rotatable bonds is 7. The number of esters is 1. The number of benzene rings is 3. The Labute approximate surface area is 203 Å². The van der Waals surface area contributed by atoms with E-state index < -0.39 is 6.23 Å². The van der Waals surface area contributed by atoms with Crippen molar-refractivity contribution in [3.8, 4) is 17.2 Å². The standard InChI is InChI=1S/C27H27FN2O5/c1-32-19-10-7-16(8-11-19)26-25-20(14-24(31)35-27(25)30-29-26)17-9-12-22(23(13-17)33-2)34-15-18-5-3-4-6-21(18)28/h3-13,20,25-27,29-30H,14-15H2,1-2H3. The van der Waals surface area contributed by atoms with Gasteiger partial charge in [-0.3, -0.25) is 4.79 Å². The number of hydrogen-bond donors (Lipinski definition) is 2. The molecule has 2 N–H and O–H groups in total. The van der Waals surface area contributed by atoms with Gasteiger partial charge in [-0.05, 0) is 41.5 Å². The van der Waals surface area contributed by atoms with Gasteiger partial charge < -0.3 is 18.9 Å². The van der Waals surface area contributed by atoms with E-state index in [0.29, 0.717) is 17.1 Å². The average Bonchev–Trinajstić information content (AvgIpc) is 3.31. The molecule has 0 spiro atoms. The SMILES string of the molecule is COc1ccc(C2NNC3OC(=O)CC(c4ccc(OCc5ccccc5F)c(OC)c4)C32)cc1. The van der Waals surface area contributed by atoms with Crippen molar-refractivity contribution >= 4 is 5.97 Å². The highest BCUT2D eigenvalue weighted by atomic mass is 19.1. The van der Waals surface area contributed by atoms with Gasteiger partial charge in [-0.15, -0.1) is 0 Å². The maximum absolute atomic E-state index is 14.0. The number of methoxy groups -OCH3 is 2. The fourth-order valence-electron chi connectivity index (χ4n) is 4.86. The number of carbonyl (C=O) groups excluding carboxylic acids is 1. The fraction of sp³-hybridized carbons (Fsp3) is 0.296. The lowest BCUT2D eigenvalue weighted by molar-refractivity contribution is -0.160. The molecule has 3 aromatic carbocycles. The molecule has 7 nitrogen and oxygen atoms in total. The zero-order valence-electron chi connectivity index (χ0n) is 19.5. The summed E-state index contributed by atoms with van der Waals surface area (Å²) in [5.74, 6) is 1.05. The first kappa shape index (κ1) is 23.1. The number of halogens is 1. The van der Waals surface area contributed by atoms with Crippen LogP contribution in [-0.4, -0.2) is 26.4 Å². The van der Waals surface area contributed by atoms with Crippen LogP contribution in [0.1, 0.15) is 35.1 Å². The summed E-state index contributed by atoms with van der Waals surface area (Å²) in [4.78, 5) is 12.4. The van der Waals surface area contributed by atoms with Crippen molar-refractivity contribution in [1.29, 1.82) is 0 Å². The summed E-state index contributed by atoms with van der Waals surface area (Å²) >= 11 is 0. The highest BCUT2D eigenvalue weighted by Gasteiger charge is 2.48. The Morgan fingerprint density at radius 2 is 1.71 bits per heavy atom. The second kappa shape index (κ2) is 9.93. The molecule has 2 heterocycles. The zero-order chi connectivity index (χ0) is 24.4. The van der Waals surface area contributed by atoms with E-state index in [1.165, 1.54) is 6.07 Å². The molecule has 0 saturated carbocycles. The van der Waals surface area contributed by atoms with Crippen molar-refractivity contribution in [3.63, 3.8) is 0 Å². The van der Waals surface area contributed by atoms with Gasteiger partial charge in [0.15, 0.2) is 17.7 Å². The minimum atomic E-state index is -0.462. The second-order valence-electron chi connectivity index (χ2n) is 8.63. The highest BCUT2D eigenvalue weighted by molar-refractivity contribution is 5.72. The van der Waals surface area contributed by atoms with Gasteiger partial charge in [0.1, 0.15) is 18.2 Å². The largest absolute Gasteiger partial charge is 0.497 e. The maximum atomic E-state index is 14.0. The third-order valence-corrected chi connectivity index (χ3v) is 6.66. The topological polar surface area (TPSA) is 78.0 Å². The van der Waals surface area contributed by atoms with Crippen LogP contribution in [0.4, 0.5) is 4.39 Å². The molecule has 4 unspecified atom stereocenters. The van der Waals surface area contributed by atoms with Crippen molar-refractivity contribution in [3.05, 3.63) is 89.2 Å². The number of hydrazine groups is 1. The quantitative estimate of drug-likeness (QED) is 0.492. The molecule has 8 heteroatoms. The van der Waals surface area contributed by atoms with Gasteiger partial charge in [0.05, 0.1) is 26.7 Å². The van der Waals surface area contributed by atoms with Crippen LogP contribution in [0, 0.1) is 11.7 Å². The molecule has 2 saturated heterocycles. The number of carbonyl (C=O) groups is 1. The summed E-state index contributed by atoms with van der Waals surface area (Å²) in [6.07, 6.45) is -0.216. The maximum Gasteiger partial charge on any atom is 0.308 e. The minimum Gasteiger partial charge on any atom is -0.497 e. The van der Waals surface area contributed by atoms with Crippen LogP contribution >= 0.6 is 0 Å². The molecule has 4 atom stereocenters. The van der Waals surface area contributed by atoms with Gasteiger partial charge in [0.25, 0.3) is 0 Å². The van der Waals surface area contributed by atoms with Crippen LogP contribution in [-0.2, 0) is 16.1 Å². The van der Waals surface area contributed by atoms with Gasteiger partial charge in [-0.1, -0.05) is 36.4 Å². The van der Waals surface area contributed by atoms with Gasteiger partial charge in [-0.2, -0.15) is 0 Å². The van der Waals surface area contributed by atoms with Crippen LogP contribution < -0.4 is 25.1 Å². The highest BCUT2D eigenvalue weighted by Crippen LogP contribution is 2.46. The lowest BCUT2D eigenvalue weighted by Gasteiger charge is -2.35. The van der Waals surface area contributed by atoms with Crippen LogP contribution in [0.3, 0.4) is 0 Å². The number of nitrogens with one attached hydrogen (secondary N) is 2. The molecule has 0 aliphatic carbocycles. The zero-order valence-corrected chi connectivity index (χ0v) is 19.5. The Bertz CT molecular complexity index is 1200. The van der Waals surface area contributed by atoms with Gasteiger partial charge >= 0.3 is 5.97 Å². The van der Waals surface area contributed by atoms with E-state index in [-0.39, 0.29) is 42.7 Å². The summed E-state index contributed by atoms with van der Waals surface area (Å²) < 4.78 is 36.3. The van der Waals surface area contributed by atoms with Crippen molar-refractivity contribution in [2.24, 2.45) is 5.92 Å². The van der Waals surface area contributed by atoms with E-state index in [4.69, 9.17) is 18.9 Å². The van der Waals surface area contributed by atoms with Crippen molar-refractivity contribution in [2.45, 2.75) is 31.2 Å². The van der Waals surface area contributed by atoms with Gasteiger partial charge in [0, 0.05) is 17.4 Å². The lowest BCUT2D eigenvalue weighted by Crippen LogP contribution is -2.42. The first-order chi connectivity index (χ1) is 17.1. The van der Waals surface area contributed by atoms with Gasteiger partial charge in [-0.25, -0.2) is 15.2 Å². The summed E-state index contributed by atoms with van der Waals surface area (Å²) in [7, 11) is 3.19. The van der Waals surface area contributed by atoms with Crippen molar-refractivity contribution < 1.29 is 28.1 Å². The lowest BCUT2D eigenvalue weighted by atomic mass is 9.76. The minimum absolute atomic E-state index is 0.0454. The third-order valence-electron chi connectivity index (χ3n) is 6.66. The Morgan fingerprint density at radius 1 is 0.943 bits per heavy atom. The van der Waals surface area contributed by atoms with Crippen LogP contribution in [0.15, 0.2) is 66.7 Å². The van der Waals surface area contributed by atoms with Crippen LogP contribution in [0.2, 0.25) is 0 Å². The first-order valence-electron chi connectivity index (χ1n) is 11.5.